The van der Waals surface area contributed by atoms with Crippen LogP contribution in [0.5, 0.6) is 5.75 Å². The zero-order valence-electron chi connectivity index (χ0n) is 12.8. The number of amides is 1. The fourth-order valence-corrected chi connectivity index (χ4v) is 2.58. The fraction of sp³-hybridized carbons (Fsp3) is 0.167. The number of anilines is 1. The zero-order valence-corrected chi connectivity index (χ0v) is 13.6. The Labute approximate surface area is 135 Å². The predicted octanol–water partition coefficient (Wildman–Crippen LogP) is 4.62. The number of hydrogen-bond acceptors (Lipinski definition) is 2. The highest BCUT2D eigenvalue weighted by molar-refractivity contribution is 6.34. The number of hydrogen-bond donors (Lipinski definition) is 1. The first kappa shape index (κ1) is 16.1. The molecule has 1 amide bonds. The van der Waals surface area contributed by atoms with E-state index in [1.54, 1.807) is 13.2 Å². The van der Waals surface area contributed by atoms with E-state index in [1.165, 1.54) is 6.08 Å². The van der Waals surface area contributed by atoms with Crippen molar-refractivity contribution >= 4 is 29.3 Å². The summed E-state index contributed by atoms with van der Waals surface area (Å²) in [5, 5.41) is 3.35. The van der Waals surface area contributed by atoms with E-state index < -0.39 is 0 Å². The second-order valence-corrected chi connectivity index (χ2v) is 5.41. The van der Waals surface area contributed by atoms with Gasteiger partial charge in [0.25, 0.3) is 0 Å². The van der Waals surface area contributed by atoms with E-state index in [0.29, 0.717) is 10.7 Å². The van der Waals surface area contributed by atoms with Crippen LogP contribution in [0.2, 0.25) is 5.02 Å². The highest BCUT2D eigenvalue weighted by Gasteiger charge is 2.07. The van der Waals surface area contributed by atoms with Crippen molar-refractivity contribution in [3.63, 3.8) is 0 Å². The van der Waals surface area contributed by atoms with Gasteiger partial charge in [-0.2, -0.15) is 0 Å². The molecular weight excluding hydrogens is 298 g/mol. The van der Waals surface area contributed by atoms with E-state index in [2.05, 4.69) is 5.32 Å². The molecule has 3 nitrogen and oxygen atoms in total. The first-order chi connectivity index (χ1) is 10.5. The lowest BCUT2D eigenvalue weighted by Gasteiger charge is -2.10. The van der Waals surface area contributed by atoms with Gasteiger partial charge in [-0.05, 0) is 43.2 Å². The smallest absolute Gasteiger partial charge is 0.248 e. The molecule has 0 spiro atoms. The summed E-state index contributed by atoms with van der Waals surface area (Å²) >= 11 is 6.18. The minimum atomic E-state index is -0.236. The van der Waals surface area contributed by atoms with Crippen LogP contribution >= 0.6 is 11.6 Å². The number of para-hydroxylation sites is 1. The van der Waals surface area contributed by atoms with E-state index >= 15 is 0 Å². The molecule has 0 atom stereocenters. The summed E-state index contributed by atoms with van der Waals surface area (Å²) in [5.74, 6) is 0.482. The SMILES string of the molecule is COc1ccccc1/C=C/C(=O)Nc1c(C)cc(C)cc1Cl. The van der Waals surface area contributed by atoms with Crippen LogP contribution in [0.3, 0.4) is 0 Å². The monoisotopic (exact) mass is 315 g/mol. The van der Waals surface area contributed by atoms with Crippen molar-refractivity contribution in [1.29, 1.82) is 0 Å². The van der Waals surface area contributed by atoms with Crippen LogP contribution in [0.15, 0.2) is 42.5 Å². The molecular formula is C18H18ClNO2. The Morgan fingerprint density at radius 1 is 1.23 bits per heavy atom. The van der Waals surface area contributed by atoms with Crippen molar-refractivity contribution in [1.82, 2.24) is 0 Å². The summed E-state index contributed by atoms with van der Waals surface area (Å²) in [6.07, 6.45) is 3.18. The Balaban J connectivity index is 2.15. The number of methoxy groups -OCH3 is 1. The molecule has 0 bridgehead atoms. The Hall–Kier alpha value is -2.26. The number of ether oxygens (including phenoxy) is 1. The molecule has 0 unspecified atom stereocenters. The first-order valence-corrected chi connectivity index (χ1v) is 7.28. The van der Waals surface area contributed by atoms with E-state index in [4.69, 9.17) is 16.3 Å². The lowest BCUT2D eigenvalue weighted by molar-refractivity contribution is -0.111. The van der Waals surface area contributed by atoms with Crippen LogP contribution in [0, 0.1) is 13.8 Å². The second kappa shape index (κ2) is 7.14. The maximum Gasteiger partial charge on any atom is 0.248 e. The molecule has 2 aromatic carbocycles. The van der Waals surface area contributed by atoms with Gasteiger partial charge in [0.1, 0.15) is 5.75 Å². The number of aryl methyl sites for hydroxylation is 2. The molecule has 2 aromatic rings. The molecule has 22 heavy (non-hydrogen) atoms. The maximum atomic E-state index is 12.1. The first-order valence-electron chi connectivity index (χ1n) is 6.90. The highest BCUT2D eigenvalue weighted by Crippen LogP contribution is 2.27. The van der Waals surface area contributed by atoms with Gasteiger partial charge in [0.15, 0.2) is 0 Å². The largest absolute Gasteiger partial charge is 0.496 e. The van der Waals surface area contributed by atoms with E-state index in [1.807, 2.05) is 50.2 Å². The Morgan fingerprint density at radius 3 is 2.64 bits per heavy atom. The molecule has 2 rings (SSSR count). The molecule has 4 heteroatoms. The summed E-state index contributed by atoms with van der Waals surface area (Å²) in [5.41, 5.74) is 3.47. The van der Waals surface area contributed by atoms with Crippen LogP contribution in [-0.4, -0.2) is 13.0 Å². The Bertz CT molecular complexity index is 700. The second-order valence-electron chi connectivity index (χ2n) is 5.00. The number of carbonyl (C=O) groups is 1. The Morgan fingerprint density at radius 2 is 1.95 bits per heavy atom. The minimum Gasteiger partial charge on any atom is -0.496 e. The molecule has 0 fully saturated rings. The van der Waals surface area contributed by atoms with Crippen molar-refractivity contribution in [2.24, 2.45) is 0 Å². The highest BCUT2D eigenvalue weighted by atomic mass is 35.5. The van der Waals surface area contributed by atoms with Gasteiger partial charge in [0.05, 0.1) is 17.8 Å². The van der Waals surface area contributed by atoms with Gasteiger partial charge in [-0.1, -0.05) is 35.9 Å². The molecule has 0 aromatic heterocycles. The lowest BCUT2D eigenvalue weighted by atomic mass is 10.1. The van der Waals surface area contributed by atoms with Gasteiger partial charge < -0.3 is 10.1 Å². The number of halogens is 1. The molecule has 0 aliphatic carbocycles. The molecule has 0 radical (unpaired) electrons. The lowest BCUT2D eigenvalue weighted by Crippen LogP contribution is -2.09. The van der Waals surface area contributed by atoms with Crippen LogP contribution in [-0.2, 0) is 4.79 Å². The molecule has 0 saturated carbocycles. The van der Waals surface area contributed by atoms with Crippen molar-refractivity contribution < 1.29 is 9.53 Å². The van der Waals surface area contributed by atoms with Crippen molar-refractivity contribution in [2.45, 2.75) is 13.8 Å². The number of carbonyl (C=O) groups excluding carboxylic acids is 1. The molecule has 0 heterocycles. The summed E-state index contributed by atoms with van der Waals surface area (Å²) < 4.78 is 5.24. The third-order valence-corrected chi connectivity index (χ3v) is 3.53. The predicted molar refractivity (Wildman–Crippen MR) is 91.6 cm³/mol. The number of nitrogens with one attached hydrogen (secondary N) is 1. The third kappa shape index (κ3) is 3.89. The summed E-state index contributed by atoms with van der Waals surface area (Å²) in [4.78, 5) is 12.1. The summed E-state index contributed by atoms with van der Waals surface area (Å²) in [6, 6.07) is 11.3. The van der Waals surface area contributed by atoms with Crippen molar-refractivity contribution in [2.75, 3.05) is 12.4 Å². The summed E-state index contributed by atoms with van der Waals surface area (Å²) in [6.45, 7) is 3.88. The van der Waals surface area contributed by atoms with Crippen molar-refractivity contribution in [3.8, 4) is 5.75 Å². The maximum absolute atomic E-state index is 12.1. The molecule has 0 saturated heterocycles. The number of benzene rings is 2. The van der Waals surface area contributed by atoms with Crippen molar-refractivity contribution in [3.05, 3.63) is 64.2 Å². The normalized spacial score (nSPS) is 10.7. The third-order valence-electron chi connectivity index (χ3n) is 3.23. The molecule has 0 aliphatic rings. The van der Waals surface area contributed by atoms with Gasteiger partial charge in [0, 0.05) is 11.6 Å². The molecule has 1 N–H and O–H groups in total. The Kier molecular flexibility index (Phi) is 5.23. The van der Waals surface area contributed by atoms with Gasteiger partial charge >= 0.3 is 0 Å². The van der Waals surface area contributed by atoms with Gasteiger partial charge in [-0.15, -0.1) is 0 Å². The van der Waals surface area contributed by atoms with Gasteiger partial charge in [0.2, 0.25) is 5.91 Å². The molecule has 0 aliphatic heterocycles. The molecule has 114 valence electrons. The van der Waals surface area contributed by atoms with E-state index in [0.717, 1.165) is 22.4 Å². The average Bonchev–Trinajstić information content (AvgIpc) is 2.49. The standard InChI is InChI=1S/C18H18ClNO2/c1-12-10-13(2)18(15(19)11-12)20-17(21)9-8-14-6-4-5-7-16(14)22-3/h4-11H,1-3H3,(H,20,21)/b9-8+. The minimum absolute atomic E-state index is 0.236. The van der Waals surface area contributed by atoms with Crippen LogP contribution < -0.4 is 10.1 Å². The quantitative estimate of drug-likeness (QED) is 0.836. The zero-order chi connectivity index (χ0) is 16.1. The van der Waals surface area contributed by atoms with Crippen LogP contribution in [0.4, 0.5) is 5.69 Å². The van der Waals surface area contributed by atoms with Gasteiger partial charge in [-0.25, -0.2) is 0 Å². The van der Waals surface area contributed by atoms with Crippen LogP contribution in [0.25, 0.3) is 6.08 Å². The van der Waals surface area contributed by atoms with Gasteiger partial charge in [-0.3, -0.25) is 4.79 Å². The topological polar surface area (TPSA) is 38.3 Å². The van der Waals surface area contributed by atoms with Crippen LogP contribution in [0.1, 0.15) is 16.7 Å². The average molecular weight is 316 g/mol. The summed E-state index contributed by atoms with van der Waals surface area (Å²) in [7, 11) is 1.60. The van der Waals surface area contributed by atoms with E-state index in [-0.39, 0.29) is 5.91 Å². The number of rotatable bonds is 4. The fourth-order valence-electron chi connectivity index (χ4n) is 2.21. The van der Waals surface area contributed by atoms with E-state index in [9.17, 15) is 4.79 Å².